The van der Waals surface area contributed by atoms with E-state index >= 15 is 0 Å². The quantitative estimate of drug-likeness (QED) is 0.904. The van der Waals surface area contributed by atoms with Crippen LogP contribution in [0.1, 0.15) is 17.7 Å². The second-order valence-electron chi connectivity index (χ2n) is 4.41. The molecule has 1 fully saturated rings. The molecule has 0 aromatic carbocycles. The van der Waals surface area contributed by atoms with Crippen molar-refractivity contribution in [2.75, 3.05) is 20.1 Å². The Balaban J connectivity index is 1.99. The lowest BCUT2D eigenvalue weighted by Crippen LogP contribution is -2.43. The zero-order valence-electron chi connectivity index (χ0n) is 8.87. The fourth-order valence-corrected chi connectivity index (χ4v) is 3.60. The smallest absolute Gasteiger partial charge is 0.0720 e. The summed E-state index contributed by atoms with van der Waals surface area (Å²) in [5.74, 6) is 0. The molecule has 0 aliphatic carbocycles. The second-order valence-corrected chi connectivity index (χ2v) is 6.96. The van der Waals surface area contributed by atoms with Crippen molar-refractivity contribution in [3.05, 3.63) is 20.8 Å². The van der Waals surface area contributed by atoms with Gasteiger partial charge in [-0.25, -0.2) is 0 Å². The topological polar surface area (TPSA) is 23.5 Å². The van der Waals surface area contributed by atoms with Crippen LogP contribution in [0, 0.1) is 0 Å². The van der Waals surface area contributed by atoms with Crippen LogP contribution in [0.4, 0.5) is 0 Å². The maximum absolute atomic E-state index is 10.4. The molecule has 15 heavy (non-hydrogen) atoms. The minimum atomic E-state index is -0.475. The summed E-state index contributed by atoms with van der Waals surface area (Å²) < 4.78 is 1.15. The summed E-state index contributed by atoms with van der Waals surface area (Å²) in [5, 5.41) is 10.4. The highest BCUT2D eigenvalue weighted by Gasteiger charge is 2.31. The van der Waals surface area contributed by atoms with Crippen molar-refractivity contribution in [1.29, 1.82) is 0 Å². The van der Waals surface area contributed by atoms with E-state index in [0.717, 1.165) is 36.1 Å². The highest BCUT2D eigenvalue weighted by atomic mass is 79.9. The van der Waals surface area contributed by atoms with Crippen molar-refractivity contribution in [3.8, 4) is 0 Å². The normalized spacial score (nSPS) is 21.8. The van der Waals surface area contributed by atoms with Gasteiger partial charge in [0.05, 0.1) is 9.39 Å². The van der Waals surface area contributed by atoms with Crippen LogP contribution >= 0.6 is 27.3 Å². The van der Waals surface area contributed by atoms with E-state index < -0.39 is 5.60 Å². The van der Waals surface area contributed by atoms with Crippen LogP contribution in [0.15, 0.2) is 15.9 Å². The number of thiophene rings is 1. The van der Waals surface area contributed by atoms with Crippen molar-refractivity contribution in [3.63, 3.8) is 0 Å². The summed E-state index contributed by atoms with van der Waals surface area (Å²) in [6.07, 6.45) is 2.58. The van der Waals surface area contributed by atoms with Gasteiger partial charge in [0.25, 0.3) is 0 Å². The highest BCUT2D eigenvalue weighted by Crippen LogP contribution is 2.30. The number of rotatable bonds is 2. The molecule has 1 saturated heterocycles. The van der Waals surface area contributed by atoms with Crippen molar-refractivity contribution in [2.45, 2.75) is 24.9 Å². The fourth-order valence-electron chi connectivity index (χ4n) is 1.98. The lowest BCUT2D eigenvalue weighted by molar-refractivity contribution is -0.0144. The summed E-state index contributed by atoms with van der Waals surface area (Å²) in [6.45, 7) is 2.01. The van der Waals surface area contributed by atoms with Gasteiger partial charge >= 0.3 is 0 Å². The molecule has 0 unspecified atom stereocenters. The molecule has 4 heteroatoms. The van der Waals surface area contributed by atoms with Crippen LogP contribution in [0.2, 0.25) is 0 Å². The third-order valence-corrected chi connectivity index (χ3v) is 4.67. The monoisotopic (exact) mass is 289 g/mol. The largest absolute Gasteiger partial charge is 0.389 e. The summed E-state index contributed by atoms with van der Waals surface area (Å²) in [6, 6.07) is 4.16. The van der Waals surface area contributed by atoms with Gasteiger partial charge in [-0.15, -0.1) is 11.3 Å². The van der Waals surface area contributed by atoms with Gasteiger partial charge in [0, 0.05) is 24.4 Å². The van der Waals surface area contributed by atoms with E-state index in [-0.39, 0.29) is 0 Å². The molecule has 0 bridgehead atoms. The first kappa shape index (κ1) is 11.6. The molecule has 84 valence electrons. The summed E-state index contributed by atoms with van der Waals surface area (Å²) in [4.78, 5) is 3.55. The lowest BCUT2D eigenvalue weighted by Gasteiger charge is -2.36. The first-order valence-corrected chi connectivity index (χ1v) is 6.83. The maximum atomic E-state index is 10.4. The van der Waals surface area contributed by atoms with Crippen molar-refractivity contribution >= 4 is 27.3 Å². The highest BCUT2D eigenvalue weighted by molar-refractivity contribution is 9.11. The average molecular weight is 290 g/mol. The number of aliphatic hydroxyl groups is 1. The summed E-state index contributed by atoms with van der Waals surface area (Å²) >= 11 is 5.18. The predicted molar refractivity (Wildman–Crippen MR) is 67.4 cm³/mol. The summed E-state index contributed by atoms with van der Waals surface area (Å²) in [7, 11) is 2.11. The van der Waals surface area contributed by atoms with Crippen molar-refractivity contribution in [2.24, 2.45) is 0 Å². The van der Waals surface area contributed by atoms with E-state index in [0.29, 0.717) is 0 Å². The van der Waals surface area contributed by atoms with Gasteiger partial charge < -0.3 is 10.0 Å². The molecule has 0 amide bonds. The molecule has 0 radical (unpaired) electrons. The van der Waals surface area contributed by atoms with E-state index in [1.807, 2.05) is 0 Å². The minimum Gasteiger partial charge on any atom is -0.389 e. The molecule has 1 N–H and O–H groups in total. The number of nitrogens with zero attached hydrogens (tertiary/aromatic N) is 1. The minimum absolute atomic E-state index is 0.475. The summed E-state index contributed by atoms with van der Waals surface area (Å²) in [5.41, 5.74) is -0.475. The Kier molecular flexibility index (Phi) is 3.50. The Morgan fingerprint density at radius 3 is 2.67 bits per heavy atom. The second kappa shape index (κ2) is 4.53. The van der Waals surface area contributed by atoms with Crippen molar-refractivity contribution < 1.29 is 5.11 Å². The molecule has 0 spiro atoms. The molecule has 2 rings (SSSR count). The maximum Gasteiger partial charge on any atom is 0.0720 e. The van der Waals surface area contributed by atoms with Gasteiger partial charge in [0.1, 0.15) is 0 Å². The van der Waals surface area contributed by atoms with Crippen LogP contribution in [0.25, 0.3) is 0 Å². The zero-order valence-corrected chi connectivity index (χ0v) is 11.3. The third kappa shape index (κ3) is 3.03. The molecule has 1 aliphatic heterocycles. The molecule has 2 heterocycles. The van der Waals surface area contributed by atoms with E-state index in [9.17, 15) is 5.11 Å². The molecule has 1 aromatic rings. The van der Waals surface area contributed by atoms with E-state index in [2.05, 4.69) is 40.0 Å². The zero-order chi connectivity index (χ0) is 10.9. The van der Waals surface area contributed by atoms with E-state index in [1.165, 1.54) is 4.88 Å². The van der Waals surface area contributed by atoms with Gasteiger partial charge in [-0.1, -0.05) is 0 Å². The van der Waals surface area contributed by atoms with Gasteiger partial charge in [-0.2, -0.15) is 0 Å². The molecular formula is C11H16BrNOS. The number of halogens is 1. The SMILES string of the molecule is CN1CCC(O)(Cc2ccc(Br)s2)CC1. The van der Waals surface area contributed by atoms with Gasteiger partial charge in [-0.3, -0.25) is 0 Å². The predicted octanol–water partition coefficient (Wildman–Crippen LogP) is 2.51. The van der Waals surface area contributed by atoms with Gasteiger partial charge in [-0.05, 0) is 48.0 Å². The third-order valence-electron chi connectivity index (χ3n) is 3.05. The average Bonchev–Trinajstić information content (AvgIpc) is 2.57. The van der Waals surface area contributed by atoms with Crippen LogP contribution in [0.3, 0.4) is 0 Å². The Morgan fingerprint density at radius 2 is 2.13 bits per heavy atom. The van der Waals surface area contributed by atoms with Crippen LogP contribution in [0.5, 0.6) is 0 Å². The van der Waals surface area contributed by atoms with Crippen LogP contribution < -0.4 is 0 Å². The van der Waals surface area contributed by atoms with Crippen molar-refractivity contribution in [1.82, 2.24) is 4.90 Å². The standard InChI is InChI=1S/C11H16BrNOS/c1-13-6-4-11(14,5-7-13)8-9-2-3-10(12)15-9/h2-3,14H,4-8H2,1H3. The molecular weight excluding hydrogens is 274 g/mol. The molecule has 1 aliphatic rings. The molecule has 0 atom stereocenters. The molecule has 1 aromatic heterocycles. The number of likely N-dealkylation sites (tertiary alicyclic amines) is 1. The van der Waals surface area contributed by atoms with Crippen LogP contribution in [-0.4, -0.2) is 35.7 Å². The first-order chi connectivity index (χ1) is 7.07. The lowest BCUT2D eigenvalue weighted by atomic mass is 9.88. The number of hydrogen-bond acceptors (Lipinski definition) is 3. The van der Waals surface area contributed by atoms with Gasteiger partial charge in [0.2, 0.25) is 0 Å². The van der Waals surface area contributed by atoms with Gasteiger partial charge in [0.15, 0.2) is 0 Å². The van der Waals surface area contributed by atoms with E-state index in [4.69, 9.17) is 0 Å². The Bertz CT molecular complexity index is 331. The Morgan fingerprint density at radius 1 is 1.47 bits per heavy atom. The Labute approximate surface area is 103 Å². The Hall–Kier alpha value is 0.1000. The van der Waals surface area contributed by atoms with E-state index in [1.54, 1.807) is 11.3 Å². The number of piperidine rings is 1. The molecule has 0 saturated carbocycles. The first-order valence-electron chi connectivity index (χ1n) is 5.23. The number of hydrogen-bond donors (Lipinski definition) is 1. The van der Waals surface area contributed by atoms with Crippen LogP contribution in [-0.2, 0) is 6.42 Å². The fraction of sp³-hybridized carbons (Fsp3) is 0.636. The molecule has 2 nitrogen and oxygen atoms in total.